The maximum Gasteiger partial charge on any atom is 0.183 e. The maximum absolute atomic E-state index is 11.2. The lowest BCUT2D eigenvalue weighted by atomic mass is 9.98. The number of hydrogen-bond donors (Lipinski definition) is 1. The number of thioether (sulfide) groups is 1. The minimum atomic E-state index is 0.0225. The van der Waals surface area contributed by atoms with Crippen LogP contribution in [0.3, 0.4) is 0 Å². The van der Waals surface area contributed by atoms with Crippen molar-refractivity contribution in [3.63, 3.8) is 0 Å². The first-order valence-electron chi connectivity index (χ1n) is 5.96. The van der Waals surface area contributed by atoms with Crippen LogP contribution in [0, 0.1) is 5.92 Å². The summed E-state index contributed by atoms with van der Waals surface area (Å²) in [5.41, 5.74) is 0.812. The van der Waals surface area contributed by atoms with Crippen molar-refractivity contribution >= 4 is 17.4 Å². The average molecular weight is 249 g/mol. The second-order valence-electron chi connectivity index (χ2n) is 4.52. The maximum atomic E-state index is 11.2. The summed E-state index contributed by atoms with van der Waals surface area (Å²) in [6.45, 7) is 0. The molecular weight excluding hydrogens is 234 g/mol. The van der Waals surface area contributed by atoms with Gasteiger partial charge in [-0.05, 0) is 30.3 Å². The molecule has 0 saturated carbocycles. The quantitative estimate of drug-likeness (QED) is 0.881. The Hall–Kier alpha value is -1.23. The third kappa shape index (κ3) is 2.24. The van der Waals surface area contributed by atoms with Gasteiger partial charge in [0.2, 0.25) is 0 Å². The van der Waals surface area contributed by atoms with Crippen LogP contribution in [0.4, 0.5) is 0 Å². The van der Waals surface area contributed by atoms with E-state index in [2.05, 4.69) is 10.2 Å². The van der Waals surface area contributed by atoms with Crippen molar-refractivity contribution in [1.82, 2.24) is 14.6 Å². The third-order valence-electron chi connectivity index (χ3n) is 3.32. The molecule has 0 atom stereocenters. The fourth-order valence-corrected chi connectivity index (χ4v) is 3.52. The van der Waals surface area contributed by atoms with Crippen molar-refractivity contribution in [2.45, 2.75) is 19.3 Å². The first-order valence-corrected chi connectivity index (χ1v) is 7.12. The molecule has 0 radical (unpaired) electrons. The number of nitrogens with one attached hydrogen (secondary N) is 1. The highest BCUT2D eigenvalue weighted by atomic mass is 32.2. The van der Waals surface area contributed by atoms with Gasteiger partial charge in [0, 0.05) is 24.8 Å². The minimum absolute atomic E-state index is 0.0225. The SMILES string of the molecule is O=c1ccn2c(CC3CCSCC3)n[nH]c2c1. The Labute approximate surface area is 103 Å². The van der Waals surface area contributed by atoms with E-state index in [1.54, 1.807) is 12.1 Å². The zero-order chi connectivity index (χ0) is 11.7. The Balaban J connectivity index is 1.87. The van der Waals surface area contributed by atoms with E-state index in [4.69, 9.17) is 0 Å². The van der Waals surface area contributed by atoms with Gasteiger partial charge >= 0.3 is 0 Å². The molecular formula is C12H15N3OS. The summed E-state index contributed by atoms with van der Waals surface area (Å²) in [7, 11) is 0. The van der Waals surface area contributed by atoms with E-state index in [0.29, 0.717) is 0 Å². The van der Waals surface area contributed by atoms with Crippen LogP contribution in [0.25, 0.3) is 5.65 Å². The van der Waals surface area contributed by atoms with Gasteiger partial charge in [-0.25, -0.2) is 0 Å². The number of nitrogens with zero attached hydrogens (tertiary/aromatic N) is 2. The number of aromatic nitrogens is 3. The molecule has 0 aromatic carbocycles. The van der Waals surface area contributed by atoms with Crippen molar-refractivity contribution < 1.29 is 0 Å². The van der Waals surface area contributed by atoms with E-state index in [0.717, 1.165) is 23.8 Å². The lowest BCUT2D eigenvalue weighted by Crippen LogP contribution is -2.14. The van der Waals surface area contributed by atoms with Crippen LogP contribution in [0.5, 0.6) is 0 Å². The third-order valence-corrected chi connectivity index (χ3v) is 4.36. The molecule has 1 fully saturated rings. The van der Waals surface area contributed by atoms with Gasteiger partial charge in [0.1, 0.15) is 11.5 Å². The molecule has 17 heavy (non-hydrogen) atoms. The molecule has 0 spiro atoms. The first-order chi connectivity index (χ1) is 8.33. The van der Waals surface area contributed by atoms with E-state index in [-0.39, 0.29) is 5.43 Å². The predicted octanol–water partition coefficient (Wildman–Crippen LogP) is 1.71. The van der Waals surface area contributed by atoms with Gasteiger partial charge < -0.3 is 0 Å². The zero-order valence-electron chi connectivity index (χ0n) is 9.56. The topological polar surface area (TPSA) is 50.2 Å². The molecule has 5 heteroatoms. The van der Waals surface area contributed by atoms with Gasteiger partial charge in [-0.15, -0.1) is 0 Å². The van der Waals surface area contributed by atoms with E-state index in [9.17, 15) is 4.79 Å². The van der Waals surface area contributed by atoms with Crippen molar-refractivity contribution in [1.29, 1.82) is 0 Å². The van der Waals surface area contributed by atoms with Crippen molar-refractivity contribution in [3.05, 3.63) is 34.4 Å². The normalized spacial score (nSPS) is 17.6. The summed E-state index contributed by atoms with van der Waals surface area (Å²) in [6.07, 6.45) is 5.37. The molecule has 3 rings (SSSR count). The summed E-state index contributed by atoms with van der Waals surface area (Å²) in [5, 5.41) is 7.25. The molecule has 0 bridgehead atoms. The zero-order valence-corrected chi connectivity index (χ0v) is 10.4. The molecule has 1 saturated heterocycles. The fraction of sp³-hybridized carbons (Fsp3) is 0.500. The van der Waals surface area contributed by atoms with E-state index in [1.165, 1.54) is 24.3 Å². The summed E-state index contributed by atoms with van der Waals surface area (Å²) in [4.78, 5) is 11.2. The Morgan fingerprint density at radius 2 is 2.29 bits per heavy atom. The van der Waals surface area contributed by atoms with Gasteiger partial charge in [-0.1, -0.05) is 0 Å². The summed E-state index contributed by atoms with van der Waals surface area (Å²) in [6, 6.07) is 3.18. The molecule has 0 amide bonds. The van der Waals surface area contributed by atoms with Crippen LogP contribution in [0.15, 0.2) is 23.1 Å². The number of fused-ring (bicyclic) bond motifs is 1. The Morgan fingerprint density at radius 3 is 3.12 bits per heavy atom. The average Bonchev–Trinajstić information content (AvgIpc) is 2.73. The summed E-state index contributed by atoms with van der Waals surface area (Å²) < 4.78 is 1.99. The summed E-state index contributed by atoms with van der Waals surface area (Å²) >= 11 is 2.04. The van der Waals surface area contributed by atoms with Gasteiger partial charge in [-0.3, -0.25) is 14.3 Å². The lowest BCUT2D eigenvalue weighted by Gasteiger charge is -2.20. The lowest BCUT2D eigenvalue weighted by molar-refractivity contribution is 0.474. The second kappa shape index (κ2) is 4.56. The van der Waals surface area contributed by atoms with Gasteiger partial charge in [-0.2, -0.15) is 16.9 Å². The number of aromatic amines is 1. The highest BCUT2D eigenvalue weighted by molar-refractivity contribution is 7.99. The number of hydrogen-bond acceptors (Lipinski definition) is 3. The van der Waals surface area contributed by atoms with Crippen LogP contribution in [-0.2, 0) is 6.42 Å². The highest BCUT2D eigenvalue weighted by Crippen LogP contribution is 2.25. The van der Waals surface area contributed by atoms with Crippen molar-refractivity contribution in [3.8, 4) is 0 Å². The highest BCUT2D eigenvalue weighted by Gasteiger charge is 2.16. The first kappa shape index (κ1) is 10.9. The number of rotatable bonds is 2. The minimum Gasteiger partial charge on any atom is -0.290 e. The van der Waals surface area contributed by atoms with Crippen LogP contribution in [0.2, 0.25) is 0 Å². The Morgan fingerprint density at radius 1 is 1.47 bits per heavy atom. The number of H-pyrrole nitrogens is 1. The molecule has 1 N–H and O–H groups in total. The van der Waals surface area contributed by atoms with Crippen LogP contribution in [-0.4, -0.2) is 26.1 Å². The molecule has 0 aliphatic carbocycles. The monoisotopic (exact) mass is 249 g/mol. The molecule has 3 heterocycles. The molecule has 90 valence electrons. The van der Waals surface area contributed by atoms with Crippen molar-refractivity contribution in [2.75, 3.05) is 11.5 Å². The van der Waals surface area contributed by atoms with Crippen LogP contribution >= 0.6 is 11.8 Å². The van der Waals surface area contributed by atoms with E-state index in [1.807, 2.05) is 22.4 Å². The summed E-state index contributed by atoms with van der Waals surface area (Å²) in [5.74, 6) is 4.31. The number of pyridine rings is 1. The van der Waals surface area contributed by atoms with E-state index < -0.39 is 0 Å². The fourth-order valence-electron chi connectivity index (χ4n) is 2.32. The van der Waals surface area contributed by atoms with E-state index >= 15 is 0 Å². The second-order valence-corrected chi connectivity index (χ2v) is 5.74. The van der Waals surface area contributed by atoms with Crippen molar-refractivity contribution in [2.24, 2.45) is 5.92 Å². The van der Waals surface area contributed by atoms with Crippen LogP contribution in [0.1, 0.15) is 18.7 Å². The molecule has 4 nitrogen and oxygen atoms in total. The van der Waals surface area contributed by atoms with Gasteiger partial charge in [0.05, 0.1) is 0 Å². The molecule has 1 aliphatic rings. The largest absolute Gasteiger partial charge is 0.290 e. The van der Waals surface area contributed by atoms with Gasteiger partial charge in [0.15, 0.2) is 5.43 Å². The molecule has 0 unspecified atom stereocenters. The molecule has 2 aromatic heterocycles. The smallest absolute Gasteiger partial charge is 0.183 e. The molecule has 2 aromatic rings. The Bertz CT molecular complexity index is 568. The Kier molecular flexibility index (Phi) is 2.93. The standard InChI is InChI=1S/C12H15N3OS/c16-10-1-4-15-11(13-14-12(15)8-10)7-9-2-5-17-6-3-9/h1,4,8-9,14H,2-3,5-7H2. The predicted molar refractivity (Wildman–Crippen MR) is 69.6 cm³/mol. The molecule has 1 aliphatic heterocycles. The van der Waals surface area contributed by atoms with Crippen LogP contribution < -0.4 is 5.43 Å². The van der Waals surface area contributed by atoms with Gasteiger partial charge in [0.25, 0.3) is 0 Å².